The zero-order chi connectivity index (χ0) is 24.4. The average Bonchev–Trinajstić information content (AvgIpc) is 3.39. The molecule has 0 radical (unpaired) electrons. The van der Waals surface area contributed by atoms with Crippen LogP contribution < -0.4 is 16.8 Å². The molecule has 0 atom stereocenters. The lowest BCUT2D eigenvalue weighted by molar-refractivity contribution is -0.115. The number of anilines is 2. The molecule has 0 aliphatic rings. The second-order valence-electron chi connectivity index (χ2n) is 8.18. The smallest absolute Gasteiger partial charge is 0.254 e. The molecule has 0 saturated heterocycles. The molecule has 2 amide bonds. The maximum absolute atomic E-state index is 12.5. The van der Waals surface area contributed by atoms with Crippen LogP contribution in [0.15, 0.2) is 53.2 Å². The first-order valence-corrected chi connectivity index (χ1v) is 10.7. The number of aromatic nitrogens is 4. The number of rotatable bonds is 7. The monoisotopic (exact) mass is 459 g/mol. The molecule has 1 aromatic carbocycles. The van der Waals surface area contributed by atoms with Crippen LogP contribution in [0, 0.1) is 6.92 Å². The van der Waals surface area contributed by atoms with Gasteiger partial charge in [0.1, 0.15) is 22.8 Å². The number of carbonyl (C=O) groups is 2. The molecule has 4 rings (SSSR count). The highest BCUT2D eigenvalue weighted by molar-refractivity contribution is 6.03. The van der Waals surface area contributed by atoms with E-state index in [-0.39, 0.29) is 35.6 Å². The fourth-order valence-electron chi connectivity index (χ4n) is 3.62. The summed E-state index contributed by atoms with van der Waals surface area (Å²) in [7, 11) is 0. The Hall–Kier alpha value is -4.47. The van der Waals surface area contributed by atoms with E-state index in [0.717, 1.165) is 11.1 Å². The number of benzene rings is 1. The van der Waals surface area contributed by atoms with Crippen molar-refractivity contribution in [2.45, 2.75) is 33.2 Å². The molecule has 3 aromatic heterocycles. The summed E-state index contributed by atoms with van der Waals surface area (Å²) in [6.45, 7) is 5.77. The highest BCUT2D eigenvalue weighted by Crippen LogP contribution is 2.28. The van der Waals surface area contributed by atoms with Gasteiger partial charge in [-0.05, 0) is 38.0 Å². The normalized spacial score (nSPS) is 11.1. The van der Waals surface area contributed by atoms with Crippen molar-refractivity contribution in [3.8, 4) is 22.6 Å². The maximum Gasteiger partial charge on any atom is 0.254 e. The number of amides is 2. The predicted molar refractivity (Wildman–Crippen MR) is 128 cm³/mol. The number of nitrogens with zero attached hydrogens (tertiary/aromatic N) is 4. The summed E-state index contributed by atoms with van der Waals surface area (Å²) >= 11 is 0. The molecule has 0 spiro atoms. The lowest BCUT2D eigenvalue weighted by Crippen LogP contribution is -2.15. The molecule has 5 N–H and O–H groups in total. The lowest BCUT2D eigenvalue weighted by atomic mass is 10.1. The number of pyridine rings is 1. The Labute approximate surface area is 196 Å². The molecule has 0 fully saturated rings. The van der Waals surface area contributed by atoms with Crippen LogP contribution in [0.5, 0.6) is 0 Å². The minimum atomic E-state index is -0.679. The van der Waals surface area contributed by atoms with Crippen molar-refractivity contribution in [2.24, 2.45) is 5.73 Å². The third kappa shape index (κ3) is 4.51. The molecule has 174 valence electrons. The molecule has 4 aromatic rings. The second-order valence-corrected chi connectivity index (χ2v) is 8.18. The number of nitrogens with two attached hydrogens (primary N) is 2. The van der Waals surface area contributed by atoms with Crippen molar-refractivity contribution in [1.82, 2.24) is 19.9 Å². The van der Waals surface area contributed by atoms with Crippen molar-refractivity contribution in [3.05, 3.63) is 65.4 Å². The van der Waals surface area contributed by atoms with E-state index >= 15 is 0 Å². The first kappa shape index (κ1) is 22.7. The maximum atomic E-state index is 12.5. The van der Waals surface area contributed by atoms with Crippen molar-refractivity contribution in [2.75, 3.05) is 11.1 Å². The van der Waals surface area contributed by atoms with Crippen LogP contribution in [-0.4, -0.2) is 31.7 Å². The minimum Gasteiger partial charge on any atom is -0.383 e. The Kier molecular flexibility index (Phi) is 6.13. The summed E-state index contributed by atoms with van der Waals surface area (Å²) in [5.74, 6) is -0.511. The summed E-state index contributed by atoms with van der Waals surface area (Å²) in [5, 5.41) is 11.2. The summed E-state index contributed by atoms with van der Waals surface area (Å²) in [5.41, 5.74) is 15.7. The molecule has 0 unspecified atom stereocenters. The van der Waals surface area contributed by atoms with E-state index in [0.29, 0.717) is 22.6 Å². The Morgan fingerprint density at radius 1 is 1.15 bits per heavy atom. The van der Waals surface area contributed by atoms with Crippen molar-refractivity contribution in [3.63, 3.8) is 0 Å². The standard InChI is InChI=1S/C24H25N7O3/c1-13(2)31-23(25)21(24(26)33)22(29-31)17-9-8-15(12-27-17)10-19(32)28-20-11-18(30-34-20)16-7-5-4-6-14(16)3/h4-9,11-13H,10,25H2,1-3H3,(H2,26,33)(H,28,32). The number of primary amides is 1. The van der Waals surface area contributed by atoms with Gasteiger partial charge in [0.2, 0.25) is 11.8 Å². The largest absolute Gasteiger partial charge is 0.383 e. The number of nitrogens with one attached hydrogen (secondary N) is 1. The van der Waals surface area contributed by atoms with E-state index < -0.39 is 5.91 Å². The van der Waals surface area contributed by atoms with Crippen LogP contribution >= 0.6 is 0 Å². The van der Waals surface area contributed by atoms with Gasteiger partial charge in [-0.3, -0.25) is 19.9 Å². The summed E-state index contributed by atoms with van der Waals surface area (Å²) in [6.07, 6.45) is 1.61. The van der Waals surface area contributed by atoms with E-state index in [4.69, 9.17) is 16.0 Å². The average molecular weight is 460 g/mol. The Balaban J connectivity index is 1.47. The first-order chi connectivity index (χ1) is 16.2. The molecule has 0 saturated carbocycles. The van der Waals surface area contributed by atoms with Crippen molar-refractivity contribution >= 4 is 23.5 Å². The molecule has 0 aliphatic carbocycles. The molecule has 10 heteroatoms. The Bertz CT molecular complexity index is 1350. The second kappa shape index (κ2) is 9.18. The lowest BCUT2D eigenvalue weighted by Gasteiger charge is -2.06. The van der Waals surface area contributed by atoms with Crippen LogP contribution in [0.25, 0.3) is 22.6 Å². The number of aryl methyl sites for hydroxylation is 1. The quantitative estimate of drug-likeness (QED) is 0.383. The molecule has 10 nitrogen and oxygen atoms in total. The topological polar surface area (TPSA) is 155 Å². The molecule has 0 aliphatic heterocycles. The highest BCUT2D eigenvalue weighted by atomic mass is 16.5. The molecular weight excluding hydrogens is 434 g/mol. The molecule has 0 bridgehead atoms. The van der Waals surface area contributed by atoms with Gasteiger partial charge in [0, 0.05) is 23.9 Å². The number of hydrogen-bond acceptors (Lipinski definition) is 7. The van der Waals surface area contributed by atoms with E-state index in [2.05, 4.69) is 20.6 Å². The fourth-order valence-corrected chi connectivity index (χ4v) is 3.62. The highest BCUT2D eigenvalue weighted by Gasteiger charge is 2.23. The van der Waals surface area contributed by atoms with Crippen LogP contribution in [-0.2, 0) is 11.2 Å². The van der Waals surface area contributed by atoms with Gasteiger partial charge < -0.3 is 16.0 Å². The fraction of sp³-hybridized carbons (Fsp3) is 0.208. The Morgan fingerprint density at radius 3 is 2.56 bits per heavy atom. The van der Waals surface area contributed by atoms with Crippen LogP contribution in [0.2, 0.25) is 0 Å². The summed E-state index contributed by atoms with van der Waals surface area (Å²) < 4.78 is 6.79. The number of carbonyl (C=O) groups excluding carboxylic acids is 2. The summed E-state index contributed by atoms with van der Waals surface area (Å²) in [4.78, 5) is 28.8. The SMILES string of the molecule is Cc1ccccc1-c1cc(NC(=O)Cc2ccc(-c3nn(C(C)C)c(N)c3C(N)=O)nc2)on1. The van der Waals surface area contributed by atoms with Gasteiger partial charge in [-0.15, -0.1) is 0 Å². The van der Waals surface area contributed by atoms with Crippen LogP contribution in [0.1, 0.15) is 41.4 Å². The Morgan fingerprint density at radius 2 is 1.91 bits per heavy atom. The molecule has 3 heterocycles. The van der Waals surface area contributed by atoms with Crippen molar-refractivity contribution in [1.29, 1.82) is 0 Å². The van der Waals surface area contributed by atoms with E-state index in [1.807, 2.05) is 45.0 Å². The third-order valence-electron chi connectivity index (χ3n) is 5.31. The van der Waals surface area contributed by atoms with Gasteiger partial charge in [-0.25, -0.2) is 4.68 Å². The van der Waals surface area contributed by atoms with Crippen LogP contribution in [0.3, 0.4) is 0 Å². The van der Waals surface area contributed by atoms with Crippen LogP contribution in [0.4, 0.5) is 11.7 Å². The van der Waals surface area contributed by atoms with Gasteiger partial charge in [0.05, 0.1) is 12.1 Å². The van der Waals surface area contributed by atoms with Gasteiger partial charge >= 0.3 is 0 Å². The van der Waals surface area contributed by atoms with Gasteiger partial charge in [-0.1, -0.05) is 35.5 Å². The third-order valence-corrected chi connectivity index (χ3v) is 5.31. The van der Waals surface area contributed by atoms with E-state index in [1.165, 1.54) is 4.68 Å². The van der Waals surface area contributed by atoms with Gasteiger partial charge in [0.15, 0.2) is 0 Å². The predicted octanol–water partition coefficient (Wildman–Crippen LogP) is 3.35. The molecule has 34 heavy (non-hydrogen) atoms. The van der Waals surface area contributed by atoms with Gasteiger partial charge in [0.25, 0.3) is 5.91 Å². The number of nitrogen functional groups attached to an aromatic ring is 1. The van der Waals surface area contributed by atoms with Gasteiger partial charge in [-0.2, -0.15) is 5.10 Å². The summed E-state index contributed by atoms with van der Waals surface area (Å²) in [6, 6.07) is 12.8. The zero-order valence-electron chi connectivity index (χ0n) is 19.1. The minimum absolute atomic E-state index is 0.0581. The molecular formula is C24H25N7O3. The van der Waals surface area contributed by atoms with E-state index in [1.54, 1.807) is 24.4 Å². The van der Waals surface area contributed by atoms with E-state index in [9.17, 15) is 9.59 Å². The zero-order valence-corrected chi connectivity index (χ0v) is 19.1. The first-order valence-electron chi connectivity index (χ1n) is 10.7. The number of hydrogen-bond donors (Lipinski definition) is 3. The van der Waals surface area contributed by atoms with Crippen molar-refractivity contribution < 1.29 is 14.1 Å².